The standard InChI is InChI=1S/C38H20S36/c1-41-11-12(42-2)54-23(53-11)28-65-35-36(66-28)70-30(69-35)25-57-15-16(58-25)46-8-50-20-19(49-7-45-15)61-27(62-20)32-73-37-38(74-32)72-31(71-37)26-59-17-18(60-26)48-6-44-14-13(43-5-47-17)55-24(56-14)29-67-33-34(68-29)64-22(63-33)21-51-9(3-39)10(4-40)52-21/h39-40H,3-8H2,1-2H3. The summed E-state index contributed by atoms with van der Waals surface area (Å²) in [5.74, 6) is 1.59. The molecule has 0 aromatic carbocycles. The Morgan fingerprint density at radius 1 is 0.230 bits per heavy atom. The molecule has 0 unspecified atom stereocenters. The van der Waals surface area contributed by atoms with Crippen molar-refractivity contribution in [2.45, 2.75) is 0 Å². The lowest BCUT2D eigenvalue weighted by molar-refractivity contribution is 1.61. The molecular formula is C38H20S36. The summed E-state index contributed by atoms with van der Waals surface area (Å²) in [6, 6.07) is 0. The number of rotatable bonds is 4. The third-order valence-corrected chi connectivity index (χ3v) is 60.9. The van der Waals surface area contributed by atoms with E-state index in [2.05, 4.69) is 108 Å². The first kappa shape index (κ1) is 60.3. The third-order valence-electron chi connectivity index (χ3n) is 9.33. The van der Waals surface area contributed by atoms with E-state index in [0.717, 1.165) is 31.8 Å². The lowest BCUT2D eigenvalue weighted by Crippen LogP contribution is -1.80. The summed E-state index contributed by atoms with van der Waals surface area (Å²) in [6.45, 7) is 0. The lowest BCUT2D eigenvalue weighted by Gasteiger charge is -2.09. The fourth-order valence-corrected chi connectivity index (χ4v) is 61.0. The average molecular weight is 1630 g/mol. The van der Waals surface area contributed by atoms with Gasteiger partial charge in [0.1, 0.15) is 0 Å². The summed E-state index contributed by atoms with van der Waals surface area (Å²) >= 11 is 77.4. The molecule has 0 fully saturated rings. The van der Waals surface area contributed by atoms with Crippen molar-refractivity contribution in [3.8, 4) is 0 Å². The molecule has 36 heteroatoms. The molecule has 0 saturated carbocycles. The Labute approximate surface area is 586 Å². The molecule has 14 rings (SSSR count). The molecule has 0 aliphatic carbocycles. The van der Waals surface area contributed by atoms with Crippen molar-refractivity contribution in [1.82, 2.24) is 0 Å². The Bertz CT molecular complexity index is 2720. The van der Waals surface area contributed by atoms with E-state index in [0.29, 0.717) is 0 Å². The van der Waals surface area contributed by atoms with Crippen LogP contribution < -0.4 is 0 Å². The zero-order valence-electron chi connectivity index (χ0n) is 36.0. The van der Waals surface area contributed by atoms with Crippen molar-refractivity contribution in [3.63, 3.8) is 0 Å². The molecule has 0 N–H and O–H groups in total. The fourth-order valence-electron chi connectivity index (χ4n) is 6.23. The Balaban J connectivity index is 0.537. The van der Waals surface area contributed by atoms with Crippen molar-refractivity contribution in [2.75, 3.05) is 44.4 Å². The molecule has 14 aliphatic heterocycles. The first-order valence-electron chi connectivity index (χ1n) is 20.1. The zero-order valence-corrected chi connectivity index (χ0v) is 65.6. The minimum atomic E-state index is 0.794. The largest absolute Gasteiger partial charge is 0.174 e. The van der Waals surface area contributed by atoms with Crippen LogP contribution in [0.3, 0.4) is 0 Å². The number of hydrogen-bond acceptors (Lipinski definition) is 36. The highest BCUT2D eigenvalue weighted by atomic mass is 32.3. The van der Waals surface area contributed by atoms with Crippen LogP contribution in [0.1, 0.15) is 0 Å². The second-order valence-electron chi connectivity index (χ2n) is 13.7. The van der Waals surface area contributed by atoms with Crippen molar-refractivity contribution < 1.29 is 0 Å². The summed E-state index contributed by atoms with van der Waals surface area (Å²) in [4.78, 5) is 2.73. The lowest BCUT2D eigenvalue weighted by atomic mass is 10.6. The molecular weight excluding hydrogens is 1610 g/mol. The molecule has 388 valence electrons. The van der Waals surface area contributed by atoms with Gasteiger partial charge in [-0.1, -0.05) is 282 Å². The van der Waals surface area contributed by atoms with Gasteiger partial charge in [0, 0.05) is 41.7 Å². The molecule has 0 saturated heterocycles. The molecule has 0 atom stereocenters. The minimum absolute atomic E-state index is 0.794. The second-order valence-corrected chi connectivity index (χ2v) is 57.2. The van der Waals surface area contributed by atoms with E-state index in [1.54, 1.807) is 0 Å². The van der Waals surface area contributed by atoms with E-state index in [-0.39, 0.29) is 0 Å². The number of thiol groups is 2. The maximum absolute atomic E-state index is 4.58. The Morgan fingerprint density at radius 3 is 0.541 bits per heavy atom. The highest BCUT2D eigenvalue weighted by Gasteiger charge is 2.42. The zero-order chi connectivity index (χ0) is 49.6. The SMILES string of the molecule is CSC1=C(SC)SC(=C2SC3=C(S2)SC(=C2SC4=C(SCSC5=C(SCS4)SC(=C4SC6=C(SC(=C7SC8=C(SCSC9=C(SCS8)SC(=C8SC%10=C(SC(=C%11SC(CS)=C(CS)S%11)S%10)S8)S9)S7)S6)S4)S5)S2)S3)S1. The molecule has 0 radical (unpaired) electrons. The maximum atomic E-state index is 4.58. The number of thioether (sulfide) groups is 34. The monoisotopic (exact) mass is 1630 g/mol. The van der Waals surface area contributed by atoms with Crippen LogP contribution in [-0.4, -0.2) is 44.4 Å². The summed E-state index contributed by atoms with van der Waals surface area (Å²) in [5, 5.41) is 4.22. The van der Waals surface area contributed by atoms with E-state index in [1.807, 2.05) is 329 Å². The van der Waals surface area contributed by atoms with Crippen LogP contribution in [-0.2, 0) is 0 Å². The van der Waals surface area contributed by atoms with E-state index >= 15 is 0 Å². The highest BCUT2D eigenvalue weighted by Crippen LogP contribution is 2.78. The normalized spacial score (nSPS) is 27.1. The summed E-state index contributed by atoms with van der Waals surface area (Å²) in [6.07, 6.45) is 4.40. The van der Waals surface area contributed by atoms with Gasteiger partial charge in [0.15, 0.2) is 0 Å². The van der Waals surface area contributed by atoms with Crippen LogP contribution in [0.5, 0.6) is 0 Å². The van der Waals surface area contributed by atoms with Crippen molar-refractivity contribution in [3.05, 3.63) is 128 Å². The Kier molecular flexibility index (Phi) is 22.5. The predicted octanol–water partition coefficient (Wildman–Crippen LogP) is 28.0. The molecule has 0 bridgehead atoms. The van der Waals surface area contributed by atoms with Crippen LogP contribution in [0.2, 0.25) is 0 Å². The van der Waals surface area contributed by atoms with E-state index in [4.69, 9.17) is 0 Å². The summed E-state index contributed by atoms with van der Waals surface area (Å²) < 4.78 is 41.4. The maximum Gasteiger partial charge on any atom is 0.0718 e. The molecule has 0 aromatic rings. The quantitative estimate of drug-likeness (QED) is 0.256. The predicted molar refractivity (Wildman–Crippen MR) is 423 cm³/mol. The summed E-state index contributed by atoms with van der Waals surface area (Å²) in [7, 11) is 0. The summed E-state index contributed by atoms with van der Waals surface area (Å²) in [5.41, 5.74) is 0. The van der Waals surface area contributed by atoms with Gasteiger partial charge in [-0.15, -0.1) is 118 Å². The minimum Gasteiger partial charge on any atom is -0.174 e. The smallest absolute Gasteiger partial charge is 0.0718 e. The van der Waals surface area contributed by atoms with Crippen LogP contribution in [0, 0.1) is 0 Å². The van der Waals surface area contributed by atoms with Gasteiger partial charge in [-0.2, -0.15) is 25.3 Å². The van der Waals surface area contributed by atoms with Crippen LogP contribution in [0.25, 0.3) is 0 Å². The molecule has 14 heterocycles. The van der Waals surface area contributed by atoms with E-state index in [9.17, 15) is 0 Å². The van der Waals surface area contributed by atoms with Crippen molar-refractivity contribution >= 4 is 425 Å². The molecule has 74 heavy (non-hydrogen) atoms. The fraction of sp³-hybridized carbons (Fsp3) is 0.211. The topological polar surface area (TPSA) is 0 Å². The van der Waals surface area contributed by atoms with Crippen LogP contribution in [0.15, 0.2) is 128 Å². The average Bonchev–Trinajstić information content (AvgIpc) is 4.23. The van der Waals surface area contributed by atoms with Crippen molar-refractivity contribution in [1.29, 1.82) is 0 Å². The van der Waals surface area contributed by atoms with Gasteiger partial charge in [-0.3, -0.25) is 0 Å². The van der Waals surface area contributed by atoms with Crippen molar-refractivity contribution in [2.24, 2.45) is 0 Å². The van der Waals surface area contributed by atoms with E-state index in [1.165, 1.54) is 128 Å². The van der Waals surface area contributed by atoms with Crippen LogP contribution in [0.4, 0.5) is 0 Å². The first-order chi connectivity index (χ1) is 36.3. The van der Waals surface area contributed by atoms with Crippen LogP contribution >= 0.6 is 425 Å². The van der Waals surface area contributed by atoms with Gasteiger partial charge >= 0.3 is 0 Å². The van der Waals surface area contributed by atoms with Gasteiger partial charge in [-0.25, -0.2) is 0 Å². The number of hydrogen-bond donors (Lipinski definition) is 2. The van der Waals surface area contributed by atoms with Gasteiger partial charge in [-0.05, 0) is 12.5 Å². The molecule has 0 aromatic heterocycles. The second kappa shape index (κ2) is 27.7. The first-order valence-corrected chi connectivity index (χ1v) is 51.2. The Hall–Kier alpha value is 8.70. The molecule has 0 nitrogen and oxygen atoms in total. The molecule has 0 spiro atoms. The van der Waals surface area contributed by atoms with Gasteiger partial charge in [0.2, 0.25) is 0 Å². The Morgan fingerprint density at radius 2 is 0.378 bits per heavy atom. The van der Waals surface area contributed by atoms with E-state index < -0.39 is 0 Å². The third kappa shape index (κ3) is 13.2. The van der Waals surface area contributed by atoms with Gasteiger partial charge in [0.05, 0.1) is 119 Å². The van der Waals surface area contributed by atoms with Gasteiger partial charge in [0.25, 0.3) is 0 Å². The van der Waals surface area contributed by atoms with Gasteiger partial charge < -0.3 is 0 Å². The molecule has 0 amide bonds. The highest BCUT2D eigenvalue weighted by molar-refractivity contribution is 8.55. The molecule has 14 aliphatic rings.